The molecule has 20 heavy (non-hydrogen) atoms. The van der Waals surface area contributed by atoms with Gasteiger partial charge in [0, 0.05) is 13.5 Å². The van der Waals surface area contributed by atoms with Crippen LogP contribution >= 0.6 is 0 Å². The number of carbonyl (C=O) groups is 2. The van der Waals surface area contributed by atoms with Crippen LogP contribution in [0.5, 0.6) is 0 Å². The van der Waals surface area contributed by atoms with Crippen molar-refractivity contribution in [2.24, 2.45) is 5.92 Å². The lowest BCUT2D eigenvalue weighted by molar-refractivity contribution is -0.148. The predicted octanol–water partition coefficient (Wildman–Crippen LogP) is 2.33. The highest BCUT2D eigenvalue weighted by atomic mass is 19.1. The lowest BCUT2D eigenvalue weighted by Gasteiger charge is -2.23. The highest BCUT2D eigenvalue weighted by molar-refractivity contribution is 5.83. The molecule has 0 saturated heterocycles. The van der Waals surface area contributed by atoms with Crippen LogP contribution in [-0.4, -0.2) is 35.0 Å². The molecule has 0 heterocycles. The summed E-state index contributed by atoms with van der Waals surface area (Å²) < 4.78 is 13.1. The van der Waals surface area contributed by atoms with Gasteiger partial charge in [-0.05, 0) is 37.0 Å². The Bertz CT molecular complexity index is 490. The van der Waals surface area contributed by atoms with Crippen LogP contribution in [-0.2, 0) is 16.0 Å². The second-order valence-corrected chi connectivity index (χ2v) is 5.16. The monoisotopic (exact) mass is 281 g/mol. The lowest BCUT2D eigenvalue weighted by atomic mass is 9.97. The van der Waals surface area contributed by atoms with Gasteiger partial charge in [0.2, 0.25) is 5.91 Å². The van der Waals surface area contributed by atoms with Gasteiger partial charge < -0.3 is 10.0 Å². The van der Waals surface area contributed by atoms with Crippen molar-refractivity contribution in [2.45, 2.75) is 32.7 Å². The van der Waals surface area contributed by atoms with E-state index in [1.165, 1.54) is 31.0 Å². The fraction of sp³-hybridized carbons (Fsp3) is 0.467. The molecule has 1 aromatic carbocycles. The smallest absolute Gasteiger partial charge is 0.326 e. The number of carboxylic acids is 1. The first-order chi connectivity index (χ1) is 9.31. The molecule has 0 radical (unpaired) electrons. The van der Waals surface area contributed by atoms with E-state index in [-0.39, 0.29) is 24.1 Å². The van der Waals surface area contributed by atoms with Gasteiger partial charge in [0.15, 0.2) is 0 Å². The predicted molar refractivity (Wildman–Crippen MR) is 73.8 cm³/mol. The summed E-state index contributed by atoms with van der Waals surface area (Å²) in [4.78, 5) is 24.0. The number of amides is 1. The normalized spacial score (nSPS) is 13.6. The SMILES string of the molecule is CC(CC(=O)N(C)C(C)C(=O)O)Cc1cccc(F)c1. The Hall–Kier alpha value is -1.91. The van der Waals surface area contributed by atoms with Crippen LogP contribution in [0.4, 0.5) is 4.39 Å². The Morgan fingerprint density at radius 3 is 2.55 bits per heavy atom. The molecule has 0 aliphatic rings. The minimum absolute atomic E-state index is 0.0211. The Morgan fingerprint density at radius 2 is 2.00 bits per heavy atom. The summed E-state index contributed by atoms with van der Waals surface area (Å²) in [7, 11) is 1.48. The molecule has 0 aliphatic heterocycles. The van der Waals surface area contributed by atoms with Crippen molar-refractivity contribution < 1.29 is 19.1 Å². The third kappa shape index (κ3) is 4.64. The molecule has 4 nitrogen and oxygen atoms in total. The zero-order chi connectivity index (χ0) is 15.3. The number of likely N-dealkylation sites (N-methyl/N-ethyl adjacent to an activating group) is 1. The molecule has 2 unspecified atom stereocenters. The van der Waals surface area contributed by atoms with E-state index in [1.54, 1.807) is 6.07 Å². The van der Waals surface area contributed by atoms with E-state index in [1.807, 2.05) is 13.0 Å². The molecule has 5 heteroatoms. The zero-order valence-corrected chi connectivity index (χ0v) is 12.0. The highest BCUT2D eigenvalue weighted by Gasteiger charge is 2.22. The van der Waals surface area contributed by atoms with Crippen molar-refractivity contribution in [1.82, 2.24) is 4.90 Å². The zero-order valence-electron chi connectivity index (χ0n) is 12.0. The molecule has 1 rings (SSSR count). The number of benzene rings is 1. The van der Waals surface area contributed by atoms with E-state index < -0.39 is 12.0 Å². The van der Waals surface area contributed by atoms with Gasteiger partial charge >= 0.3 is 5.97 Å². The molecule has 1 aromatic rings. The van der Waals surface area contributed by atoms with Crippen LogP contribution < -0.4 is 0 Å². The summed E-state index contributed by atoms with van der Waals surface area (Å²) in [5.74, 6) is -1.52. The summed E-state index contributed by atoms with van der Waals surface area (Å²) >= 11 is 0. The average Bonchev–Trinajstić information content (AvgIpc) is 2.36. The minimum atomic E-state index is -1.03. The third-order valence-corrected chi connectivity index (χ3v) is 3.33. The molecule has 2 atom stereocenters. The molecule has 0 aliphatic carbocycles. The number of hydrogen-bond acceptors (Lipinski definition) is 2. The number of nitrogens with zero attached hydrogens (tertiary/aromatic N) is 1. The second kappa shape index (κ2) is 7.03. The summed E-state index contributed by atoms with van der Waals surface area (Å²) in [6.45, 7) is 3.36. The van der Waals surface area contributed by atoms with Crippen molar-refractivity contribution in [3.05, 3.63) is 35.6 Å². The molecular formula is C15H20FNO3. The minimum Gasteiger partial charge on any atom is -0.480 e. The van der Waals surface area contributed by atoms with Crippen LogP contribution in [0.15, 0.2) is 24.3 Å². The number of hydrogen-bond donors (Lipinski definition) is 1. The van der Waals surface area contributed by atoms with E-state index >= 15 is 0 Å². The van der Waals surface area contributed by atoms with E-state index in [2.05, 4.69) is 0 Å². The first kappa shape index (κ1) is 16.1. The average molecular weight is 281 g/mol. The largest absolute Gasteiger partial charge is 0.480 e. The maximum atomic E-state index is 13.1. The summed E-state index contributed by atoms with van der Waals surface area (Å²) in [5, 5.41) is 8.87. The Morgan fingerprint density at radius 1 is 1.35 bits per heavy atom. The quantitative estimate of drug-likeness (QED) is 0.870. The van der Waals surface area contributed by atoms with Gasteiger partial charge in [0.05, 0.1) is 0 Å². The molecular weight excluding hydrogens is 261 g/mol. The molecule has 0 spiro atoms. The van der Waals surface area contributed by atoms with Crippen LogP contribution in [0.1, 0.15) is 25.8 Å². The van der Waals surface area contributed by atoms with Crippen molar-refractivity contribution in [3.8, 4) is 0 Å². The molecule has 0 fully saturated rings. The maximum Gasteiger partial charge on any atom is 0.326 e. The fourth-order valence-electron chi connectivity index (χ4n) is 1.96. The van der Waals surface area contributed by atoms with Gasteiger partial charge in [0.25, 0.3) is 0 Å². The first-order valence-electron chi connectivity index (χ1n) is 6.54. The summed E-state index contributed by atoms with van der Waals surface area (Å²) in [6, 6.07) is 5.43. The van der Waals surface area contributed by atoms with Crippen LogP contribution in [0.3, 0.4) is 0 Å². The Kier molecular flexibility index (Phi) is 5.67. The molecule has 1 amide bonds. The van der Waals surface area contributed by atoms with E-state index in [9.17, 15) is 14.0 Å². The van der Waals surface area contributed by atoms with Crippen LogP contribution in [0, 0.1) is 11.7 Å². The topological polar surface area (TPSA) is 57.6 Å². The van der Waals surface area contributed by atoms with E-state index in [0.29, 0.717) is 6.42 Å². The summed E-state index contributed by atoms with van der Waals surface area (Å²) in [5.41, 5.74) is 0.833. The molecule has 0 aromatic heterocycles. The first-order valence-corrected chi connectivity index (χ1v) is 6.54. The number of carbonyl (C=O) groups excluding carboxylic acids is 1. The van der Waals surface area contributed by atoms with Crippen molar-refractivity contribution >= 4 is 11.9 Å². The Labute approximate surface area is 118 Å². The number of rotatable bonds is 6. The lowest BCUT2D eigenvalue weighted by Crippen LogP contribution is -2.40. The standard InChI is InChI=1S/C15H20FNO3/c1-10(7-12-5-4-6-13(16)9-12)8-14(18)17(3)11(2)15(19)20/h4-6,9-11H,7-8H2,1-3H3,(H,19,20). The highest BCUT2D eigenvalue weighted by Crippen LogP contribution is 2.14. The van der Waals surface area contributed by atoms with E-state index in [4.69, 9.17) is 5.11 Å². The molecule has 0 bridgehead atoms. The summed E-state index contributed by atoms with van der Waals surface area (Å²) in [6.07, 6.45) is 0.823. The number of aliphatic carboxylic acids is 1. The molecule has 110 valence electrons. The van der Waals surface area contributed by atoms with Gasteiger partial charge in [-0.25, -0.2) is 9.18 Å². The van der Waals surface area contributed by atoms with Gasteiger partial charge in [-0.1, -0.05) is 19.1 Å². The van der Waals surface area contributed by atoms with Crippen molar-refractivity contribution in [1.29, 1.82) is 0 Å². The van der Waals surface area contributed by atoms with Gasteiger partial charge in [0.1, 0.15) is 11.9 Å². The molecule has 0 saturated carbocycles. The van der Waals surface area contributed by atoms with Crippen LogP contribution in [0.25, 0.3) is 0 Å². The van der Waals surface area contributed by atoms with Gasteiger partial charge in [-0.15, -0.1) is 0 Å². The number of carboxylic acid groups (broad SMARTS) is 1. The molecule has 1 N–H and O–H groups in total. The Balaban J connectivity index is 2.55. The van der Waals surface area contributed by atoms with Gasteiger partial charge in [-0.2, -0.15) is 0 Å². The number of halogens is 1. The van der Waals surface area contributed by atoms with E-state index in [0.717, 1.165) is 5.56 Å². The second-order valence-electron chi connectivity index (χ2n) is 5.16. The van der Waals surface area contributed by atoms with Crippen LogP contribution in [0.2, 0.25) is 0 Å². The third-order valence-electron chi connectivity index (χ3n) is 3.33. The fourth-order valence-corrected chi connectivity index (χ4v) is 1.96. The van der Waals surface area contributed by atoms with Crippen molar-refractivity contribution in [3.63, 3.8) is 0 Å². The van der Waals surface area contributed by atoms with Gasteiger partial charge in [-0.3, -0.25) is 4.79 Å². The maximum absolute atomic E-state index is 13.1. The van der Waals surface area contributed by atoms with Crippen molar-refractivity contribution in [2.75, 3.05) is 7.05 Å².